The van der Waals surface area contributed by atoms with E-state index in [2.05, 4.69) is 20.3 Å². The molecule has 0 amide bonds. The molecule has 0 aromatic carbocycles. The highest BCUT2D eigenvalue weighted by molar-refractivity contribution is 5.87. The molecule has 3 rings (SSSR count). The number of nitrogens with one attached hydrogen (secondary N) is 2. The maximum atomic E-state index is 14.1. The molecule has 0 saturated carbocycles. The van der Waals surface area contributed by atoms with Crippen molar-refractivity contribution < 1.29 is 14.6 Å². The van der Waals surface area contributed by atoms with Crippen LogP contribution in [0.15, 0.2) is 12.5 Å². The van der Waals surface area contributed by atoms with Crippen LogP contribution in [0.25, 0.3) is 11.0 Å². The van der Waals surface area contributed by atoms with Gasteiger partial charge in [0.2, 0.25) is 0 Å². The Hall–Kier alpha value is -1.77. The summed E-state index contributed by atoms with van der Waals surface area (Å²) in [6, 6.07) is -1.43. The highest BCUT2D eigenvalue weighted by Crippen LogP contribution is 2.34. The van der Waals surface area contributed by atoms with Gasteiger partial charge in [0.05, 0.1) is 24.2 Å². The first-order chi connectivity index (χ1) is 9.13. The molecule has 6 N–H and O–H groups in total. The minimum Gasteiger partial charge on any atom is -0.395 e. The number of hydrogen-bond acceptors (Lipinski definition) is 6. The number of fused-ring (bicyclic) bond motifs is 1. The molecule has 1 fully saturated rings. The second kappa shape index (κ2) is 4.41. The lowest BCUT2D eigenvalue weighted by atomic mass is 10.0. The summed E-state index contributed by atoms with van der Waals surface area (Å²) in [5, 5.41) is 21.6. The zero-order valence-corrected chi connectivity index (χ0v) is 9.92. The number of aliphatic hydroxyl groups excluding tert-OH is 2. The van der Waals surface area contributed by atoms with Gasteiger partial charge in [-0.1, -0.05) is 0 Å². The number of H-pyrrole nitrogens is 1. The summed E-state index contributed by atoms with van der Waals surface area (Å²) in [7, 11) is 0. The van der Waals surface area contributed by atoms with Gasteiger partial charge < -0.3 is 20.9 Å². The molecule has 0 radical (unpaired) electrons. The highest BCUT2D eigenvalue weighted by atomic mass is 19.1. The van der Waals surface area contributed by atoms with Gasteiger partial charge >= 0.3 is 0 Å². The van der Waals surface area contributed by atoms with E-state index in [0.29, 0.717) is 16.6 Å². The summed E-state index contributed by atoms with van der Waals surface area (Å²) < 4.78 is 14.1. The molecule has 3 heterocycles. The van der Waals surface area contributed by atoms with Crippen LogP contribution < -0.4 is 11.1 Å². The van der Waals surface area contributed by atoms with Gasteiger partial charge in [0.25, 0.3) is 0 Å². The molecular weight excluding hydrogens is 253 g/mol. The molecule has 1 aliphatic heterocycles. The predicted octanol–water partition coefficient (Wildman–Crippen LogP) is -0.756. The second-order valence-corrected chi connectivity index (χ2v) is 4.59. The Morgan fingerprint density at radius 2 is 2.21 bits per heavy atom. The van der Waals surface area contributed by atoms with Crippen molar-refractivity contribution in [3.63, 3.8) is 0 Å². The molecule has 0 aliphatic carbocycles. The van der Waals surface area contributed by atoms with Crippen molar-refractivity contribution >= 4 is 16.9 Å². The van der Waals surface area contributed by atoms with E-state index in [9.17, 15) is 9.50 Å². The van der Waals surface area contributed by atoms with Gasteiger partial charge in [0, 0.05) is 11.8 Å². The van der Waals surface area contributed by atoms with Crippen LogP contribution in [0.1, 0.15) is 11.6 Å². The molecule has 0 bridgehead atoms. The Balaban J connectivity index is 2.04. The Labute approximate surface area is 107 Å². The molecule has 4 atom stereocenters. The van der Waals surface area contributed by atoms with E-state index in [1.165, 1.54) is 6.33 Å². The standard InChI is InChI=1S/C11H14FN5O2/c12-6-7(17-5(2-18)10(6)19)4-1-14-9-8(4)15-3-16-11(9)13/h1,3,5-7,10,14,17-19H,2H2,(H2,13,15,16). The molecule has 1 saturated heterocycles. The number of rotatable bonds is 2. The summed E-state index contributed by atoms with van der Waals surface area (Å²) in [6.07, 6.45) is 0.121. The Morgan fingerprint density at radius 1 is 1.42 bits per heavy atom. The lowest BCUT2D eigenvalue weighted by molar-refractivity contribution is 0.0675. The van der Waals surface area contributed by atoms with Crippen LogP contribution in [0.2, 0.25) is 0 Å². The Morgan fingerprint density at radius 3 is 2.89 bits per heavy atom. The topological polar surface area (TPSA) is 120 Å². The molecule has 2 aromatic heterocycles. The van der Waals surface area contributed by atoms with Gasteiger partial charge in [0.15, 0.2) is 5.82 Å². The van der Waals surface area contributed by atoms with Gasteiger partial charge in [0.1, 0.15) is 24.1 Å². The predicted molar refractivity (Wildman–Crippen MR) is 66.0 cm³/mol. The number of nitrogen functional groups attached to an aromatic ring is 1. The van der Waals surface area contributed by atoms with Crippen LogP contribution in [0, 0.1) is 0 Å². The monoisotopic (exact) mass is 267 g/mol. The van der Waals surface area contributed by atoms with Gasteiger partial charge in [-0.25, -0.2) is 14.4 Å². The summed E-state index contributed by atoms with van der Waals surface area (Å²) in [4.78, 5) is 10.8. The zero-order valence-electron chi connectivity index (χ0n) is 9.92. The van der Waals surface area contributed by atoms with Crippen molar-refractivity contribution in [2.24, 2.45) is 0 Å². The third kappa shape index (κ3) is 1.76. The average Bonchev–Trinajstić information content (AvgIpc) is 2.94. The zero-order chi connectivity index (χ0) is 13.6. The SMILES string of the molecule is Nc1ncnc2c(C3NC(CO)C(O)C3F)c[nH]c12. The van der Waals surface area contributed by atoms with Gasteiger partial charge in [-0.05, 0) is 0 Å². The third-order valence-corrected chi connectivity index (χ3v) is 3.50. The average molecular weight is 267 g/mol. The molecule has 19 heavy (non-hydrogen) atoms. The quantitative estimate of drug-likeness (QED) is 0.488. The number of hydrogen-bond donors (Lipinski definition) is 5. The molecule has 8 heteroatoms. The molecular formula is C11H14FN5O2. The summed E-state index contributed by atoms with van der Waals surface area (Å²) in [6.45, 7) is -0.336. The third-order valence-electron chi connectivity index (χ3n) is 3.50. The number of aromatic nitrogens is 3. The van der Waals surface area contributed by atoms with Gasteiger partial charge in [-0.3, -0.25) is 5.32 Å². The van der Waals surface area contributed by atoms with Crippen LogP contribution in [-0.4, -0.2) is 50.1 Å². The second-order valence-electron chi connectivity index (χ2n) is 4.59. The Bertz CT molecular complexity index is 604. The number of anilines is 1. The first-order valence-electron chi connectivity index (χ1n) is 5.90. The number of alkyl halides is 1. The first kappa shape index (κ1) is 12.3. The fraction of sp³-hybridized carbons (Fsp3) is 0.455. The van der Waals surface area contributed by atoms with Crippen LogP contribution >= 0.6 is 0 Å². The fourth-order valence-electron chi connectivity index (χ4n) is 2.48. The highest BCUT2D eigenvalue weighted by Gasteiger charge is 2.43. The molecule has 4 unspecified atom stereocenters. The van der Waals surface area contributed by atoms with Gasteiger partial charge in [-0.2, -0.15) is 0 Å². The van der Waals surface area contributed by atoms with E-state index >= 15 is 0 Å². The number of nitrogens with two attached hydrogens (primary N) is 1. The van der Waals surface area contributed by atoms with E-state index in [1.54, 1.807) is 6.20 Å². The fourth-order valence-corrected chi connectivity index (χ4v) is 2.48. The molecule has 1 aliphatic rings. The van der Waals surface area contributed by atoms with Crippen molar-refractivity contribution in [1.29, 1.82) is 0 Å². The smallest absolute Gasteiger partial charge is 0.151 e. The van der Waals surface area contributed by atoms with Crippen LogP contribution in [0.3, 0.4) is 0 Å². The molecule has 102 valence electrons. The van der Waals surface area contributed by atoms with Crippen molar-refractivity contribution in [2.45, 2.75) is 24.4 Å². The summed E-state index contributed by atoms with van der Waals surface area (Å²) in [5.74, 6) is 0.281. The van der Waals surface area contributed by atoms with E-state index < -0.39 is 24.4 Å². The number of nitrogens with zero attached hydrogens (tertiary/aromatic N) is 2. The lowest BCUT2D eigenvalue weighted by Gasteiger charge is -2.12. The number of aliphatic hydroxyl groups is 2. The maximum Gasteiger partial charge on any atom is 0.151 e. The minimum absolute atomic E-state index is 0.281. The number of aromatic amines is 1. The van der Waals surface area contributed by atoms with E-state index in [4.69, 9.17) is 10.8 Å². The lowest BCUT2D eigenvalue weighted by Crippen LogP contribution is -2.35. The first-order valence-corrected chi connectivity index (χ1v) is 5.90. The maximum absolute atomic E-state index is 14.1. The van der Waals surface area contributed by atoms with E-state index in [0.717, 1.165) is 0 Å². The number of halogens is 1. The largest absolute Gasteiger partial charge is 0.395 e. The van der Waals surface area contributed by atoms with Crippen molar-refractivity contribution in [3.8, 4) is 0 Å². The van der Waals surface area contributed by atoms with Crippen molar-refractivity contribution in [3.05, 3.63) is 18.1 Å². The van der Waals surface area contributed by atoms with E-state index in [-0.39, 0.29) is 12.4 Å². The Kier molecular flexibility index (Phi) is 2.85. The molecule has 2 aromatic rings. The van der Waals surface area contributed by atoms with Crippen molar-refractivity contribution in [1.82, 2.24) is 20.3 Å². The summed E-state index contributed by atoms with van der Waals surface area (Å²) >= 11 is 0. The minimum atomic E-state index is -1.52. The molecule has 7 nitrogen and oxygen atoms in total. The normalized spacial score (nSPS) is 31.1. The van der Waals surface area contributed by atoms with Crippen LogP contribution in [0.4, 0.5) is 10.2 Å². The van der Waals surface area contributed by atoms with Gasteiger partial charge in [-0.15, -0.1) is 0 Å². The van der Waals surface area contributed by atoms with Crippen LogP contribution in [-0.2, 0) is 0 Å². The summed E-state index contributed by atoms with van der Waals surface area (Å²) in [5.41, 5.74) is 7.31. The molecule has 0 spiro atoms. The van der Waals surface area contributed by atoms with E-state index in [1.807, 2.05) is 0 Å². The van der Waals surface area contributed by atoms with Crippen molar-refractivity contribution in [2.75, 3.05) is 12.3 Å². The van der Waals surface area contributed by atoms with Crippen LogP contribution in [0.5, 0.6) is 0 Å².